The van der Waals surface area contributed by atoms with Gasteiger partial charge in [0.1, 0.15) is 0 Å². The van der Waals surface area contributed by atoms with Crippen LogP contribution >= 0.6 is 46.4 Å². The van der Waals surface area contributed by atoms with Crippen molar-refractivity contribution >= 4 is 46.4 Å². The molecule has 8 heteroatoms. The Bertz CT molecular complexity index is 647. The van der Waals surface area contributed by atoms with Gasteiger partial charge in [0.05, 0.1) is 15.1 Å². The molecule has 0 aliphatic carbocycles. The maximum absolute atomic E-state index is 12.8. The zero-order valence-electron chi connectivity index (χ0n) is 9.40. The Kier molecular flexibility index (Phi) is 4.40. The van der Waals surface area contributed by atoms with Crippen molar-refractivity contribution in [1.29, 1.82) is 0 Å². The molecule has 0 aliphatic rings. The molecule has 0 unspecified atom stereocenters. The van der Waals surface area contributed by atoms with E-state index < -0.39 is 16.9 Å². The van der Waals surface area contributed by atoms with Crippen LogP contribution in [0.4, 0.5) is 13.2 Å². The molecule has 1 aromatic heterocycles. The maximum Gasteiger partial charge on any atom is 0.434 e. The Hall–Kier alpha value is -0.680. The molecular formula is C12H4Cl4F3N. The number of alkyl halides is 3. The number of rotatable bonds is 1. The van der Waals surface area contributed by atoms with Crippen molar-refractivity contribution in [2.24, 2.45) is 0 Å². The number of benzene rings is 1. The van der Waals surface area contributed by atoms with Gasteiger partial charge < -0.3 is 0 Å². The van der Waals surface area contributed by atoms with Crippen LogP contribution < -0.4 is 0 Å². The molecule has 0 atom stereocenters. The second-order valence-corrected chi connectivity index (χ2v) is 5.39. The SMILES string of the molecule is FC(F)(F)c1nccc(-c2c(Cl)cc(Cl)cc2Cl)c1Cl. The minimum Gasteiger partial charge on any atom is -0.250 e. The minimum atomic E-state index is -4.67. The van der Waals surface area contributed by atoms with Crippen LogP contribution in [0.1, 0.15) is 5.69 Å². The molecule has 1 nitrogen and oxygen atoms in total. The Morgan fingerprint density at radius 1 is 0.950 bits per heavy atom. The minimum absolute atomic E-state index is 0.0423. The predicted molar refractivity (Wildman–Crippen MR) is 74.7 cm³/mol. The van der Waals surface area contributed by atoms with Crippen molar-refractivity contribution < 1.29 is 13.2 Å². The van der Waals surface area contributed by atoms with Crippen molar-refractivity contribution in [2.75, 3.05) is 0 Å². The van der Waals surface area contributed by atoms with Crippen LogP contribution in [0.15, 0.2) is 24.4 Å². The fourth-order valence-corrected chi connectivity index (χ4v) is 2.97. The number of hydrogen-bond acceptors (Lipinski definition) is 1. The van der Waals surface area contributed by atoms with Gasteiger partial charge in [-0.05, 0) is 18.2 Å². The highest BCUT2D eigenvalue weighted by atomic mass is 35.5. The van der Waals surface area contributed by atoms with Gasteiger partial charge in [0, 0.05) is 22.3 Å². The summed E-state index contributed by atoms with van der Waals surface area (Å²) in [6.07, 6.45) is -3.68. The monoisotopic (exact) mass is 359 g/mol. The van der Waals surface area contributed by atoms with Gasteiger partial charge in [-0.15, -0.1) is 0 Å². The number of aromatic nitrogens is 1. The molecule has 0 radical (unpaired) electrons. The molecule has 0 amide bonds. The second-order valence-electron chi connectivity index (χ2n) is 3.76. The topological polar surface area (TPSA) is 12.9 Å². The number of pyridine rings is 1. The molecule has 0 saturated carbocycles. The van der Waals surface area contributed by atoms with Gasteiger partial charge in [-0.3, -0.25) is 4.98 Å². The third-order valence-corrected chi connectivity index (χ3v) is 3.63. The lowest BCUT2D eigenvalue weighted by Crippen LogP contribution is -2.09. The first kappa shape index (κ1) is 15.7. The zero-order chi connectivity index (χ0) is 15.1. The summed E-state index contributed by atoms with van der Waals surface area (Å²) in [6.45, 7) is 0. The Labute approximate surface area is 132 Å². The number of hydrogen-bond donors (Lipinski definition) is 0. The van der Waals surface area contributed by atoms with Crippen LogP contribution in [0.5, 0.6) is 0 Å². The summed E-state index contributed by atoms with van der Waals surface area (Å²) in [4.78, 5) is 3.24. The average Bonchev–Trinajstić information content (AvgIpc) is 2.28. The molecule has 1 aromatic carbocycles. The van der Waals surface area contributed by atoms with E-state index in [1.807, 2.05) is 0 Å². The van der Waals surface area contributed by atoms with E-state index in [1.165, 1.54) is 18.2 Å². The van der Waals surface area contributed by atoms with Crippen molar-refractivity contribution in [3.8, 4) is 11.1 Å². The maximum atomic E-state index is 12.8. The van der Waals surface area contributed by atoms with E-state index in [0.717, 1.165) is 6.20 Å². The van der Waals surface area contributed by atoms with E-state index in [2.05, 4.69) is 4.98 Å². The summed E-state index contributed by atoms with van der Waals surface area (Å²) >= 11 is 23.5. The molecule has 1 heterocycles. The first-order valence-corrected chi connectivity index (χ1v) is 6.59. The first-order chi connectivity index (χ1) is 9.21. The molecule has 0 N–H and O–H groups in total. The lowest BCUT2D eigenvalue weighted by atomic mass is 10.1. The Morgan fingerprint density at radius 3 is 2.00 bits per heavy atom. The van der Waals surface area contributed by atoms with Crippen LogP contribution in [0.3, 0.4) is 0 Å². The van der Waals surface area contributed by atoms with Crippen LogP contribution in [0.2, 0.25) is 20.1 Å². The van der Waals surface area contributed by atoms with E-state index in [9.17, 15) is 13.2 Å². The lowest BCUT2D eigenvalue weighted by molar-refractivity contribution is -0.141. The molecule has 2 rings (SSSR count). The molecular weight excluding hydrogens is 357 g/mol. The van der Waals surface area contributed by atoms with Gasteiger partial charge in [0.2, 0.25) is 0 Å². The summed E-state index contributed by atoms with van der Waals surface area (Å²) in [5.74, 6) is 0. The van der Waals surface area contributed by atoms with E-state index in [1.54, 1.807) is 0 Å². The third kappa shape index (κ3) is 2.98. The summed E-state index contributed by atoms with van der Waals surface area (Å²) in [5.41, 5.74) is -0.977. The van der Waals surface area contributed by atoms with Crippen LogP contribution in [-0.4, -0.2) is 4.98 Å². The third-order valence-electron chi connectivity index (χ3n) is 2.43. The zero-order valence-corrected chi connectivity index (χ0v) is 12.4. The molecule has 2 aromatic rings. The van der Waals surface area contributed by atoms with Crippen LogP contribution in [0.25, 0.3) is 11.1 Å². The van der Waals surface area contributed by atoms with Gasteiger partial charge in [0.15, 0.2) is 5.69 Å². The van der Waals surface area contributed by atoms with Gasteiger partial charge in [0.25, 0.3) is 0 Å². The Balaban J connectivity index is 2.72. The fraction of sp³-hybridized carbons (Fsp3) is 0.0833. The highest BCUT2D eigenvalue weighted by molar-refractivity contribution is 6.43. The molecule has 106 valence electrons. The highest BCUT2D eigenvalue weighted by Gasteiger charge is 2.36. The standard InChI is InChI=1S/C12H4Cl4F3N/c13-5-3-7(14)9(8(15)4-5)6-1-2-20-11(10(6)16)12(17,18)19/h1-4H. The molecule has 0 fully saturated rings. The number of halogens is 7. The largest absolute Gasteiger partial charge is 0.434 e. The number of nitrogens with zero attached hydrogens (tertiary/aromatic N) is 1. The van der Waals surface area contributed by atoms with Gasteiger partial charge >= 0.3 is 6.18 Å². The average molecular weight is 361 g/mol. The summed E-state index contributed by atoms with van der Waals surface area (Å²) in [6, 6.07) is 4.04. The van der Waals surface area contributed by atoms with Crippen molar-refractivity contribution in [1.82, 2.24) is 4.98 Å². The summed E-state index contributed by atoms with van der Waals surface area (Å²) in [7, 11) is 0. The smallest absolute Gasteiger partial charge is 0.250 e. The molecule has 0 bridgehead atoms. The van der Waals surface area contributed by atoms with E-state index in [0.29, 0.717) is 0 Å². The van der Waals surface area contributed by atoms with Crippen LogP contribution in [-0.2, 0) is 6.18 Å². The van der Waals surface area contributed by atoms with Crippen LogP contribution in [0, 0.1) is 0 Å². The molecule has 0 aliphatic heterocycles. The van der Waals surface area contributed by atoms with Crippen molar-refractivity contribution in [2.45, 2.75) is 6.18 Å². The second kappa shape index (κ2) is 5.60. The normalized spacial score (nSPS) is 11.8. The highest BCUT2D eigenvalue weighted by Crippen LogP contribution is 2.43. The summed E-state index contributed by atoms with van der Waals surface area (Å²) in [5, 5.41) is -0.0939. The fourth-order valence-electron chi connectivity index (χ4n) is 1.63. The summed E-state index contributed by atoms with van der Waals surface area (Å²) < 4.78 is 38.3. The Morgan fingerprint density at radius 2 is 1.50 bits per heavy atom. The van der Waals surface area contributed by atoms with Crippen molar-refractivity contribution in [3.05, 3.63) is 50.2 Å². The van der Waals surface area contributed by atoms with Gasteiger partial charge in [-0.25, -0.2) is 0 Å². The van der Waals surface area contributed by atoms with E-state index >= 15 is 0 Å². The quantitative estimate of drug-likeness (QED) is 0.574. The molecule has 0 saturated heterocycles. The van der Waals surface area contributed by atoms with E-state index in [-0.39, 0.29) is 26.2 Å². The van der Waals surface area contributed by atoms with Crippen molar-refractivity contribution in [3.63, 3.8) is 0 Å². The predicted octanol–water partition coefficient (Wildman–Crippen LogP) is 6.38. The first-order valence-electron chi connectivity index (χ1n) is 5.08. The van der Waals surface area contributed by atoms with Gasteiger partial charge in [-0.2, -0.15) is 13.2 Å². The van der Waals surface area contributed by atoms with Gasteiger partial charge in [-0.1, -0.05) is 46.4 Å². The van der Waals surface area contributed by atoms with E-state index in [4.69, 9.17) is 46.4 Å². The lowest BCUT2D eigenvalue weighted by Gasteiger charge is -2.13. The molecule has 0 spiro atoms. The molecule has 20 heavy (non-hydrogen) atoms.